The zero-order valence-electron chi connectivity index (χ0n) is 10.2. The number of hydrogen-bond donors (Lipinski definition) is 0. The molecule has 2 aromatic rings. The maximum atomic E-state index is 12.3. The molecule has 0 spiro atoms. The number of hydrogen-bond acceptors (Lipinski definition) is 2. The Morgan fingerprint density at radius 1 is 1.00 bits per heavy atom. The Hall–Kier alpha value is -0.650. The highest BCUT2D eigenvalue weighted by Crippen LogP contribution is 2.37. The summed E-state index contributed by atoms with van der Waals surface area (Å²) < 4.78 is 8.78. The van der Waals surface area contributed by atoms with Gasteiger partial charge in [-0.2, -0.15) is 0 Å². The molecule has 1 aliphatic rings. The van der Waals surface area contributed by atoms with Crippen LogP contribution in [0.3, 0.4) is 0 Å². The molecule has 2 nitrogen and oxygen atoms in total. The predicted molar refractivity (Wildman–Crippen MR) is 88.3 cm³/mol. The number of ether oxygens (including phenoxy) is 1. The smallest absolute Gasteiger partial charge is 0.170 e. The predicted octanol–water partition coefficient (Wildman–Crippen LogP) is 5.68. The van der Waals surface area contributed by atoms with Gasteiger partial charge in [0.05, 0.1) is 12.0 Å². The number of rotatable bonds is 1. The van der Waals surface area contributed by atoms with Crippen molar-refractivity contribution in [2.45, 2.75) is 12.5 Å². The molecule has 0 N–H and O–H groups in total. The van der Waals surface area contributed by atoms with Gasteiger partial charge in [-0.05, 0) is 67.8 Å². The van der Waals surface area contributed by atoms with Crippen LogP contribution in [-0.4, -0.2) is 5.78 Å². The van der Waals surface area contributed by atoms with Crippen LogP contribution in [0.1, 0.15) is 28.4 Å². The van der Waals surface area contributed by atoms with Gasteiger partial charge >= 0.3 is 0 Å². The zero-order valence-corrected chi connectivity index (χ0v) is 15.0. The molecule has 1 atom stereocenters. The molecule has 1 heterocycles. The Morgan fingerprint density at radius 3 is 2.55 bits per heavy atom. The number of ketones is 1. The molecule has 0 bridgehead atoms. The Balaban J connectivity index is 1.97. The minimum Gasteiger partial charge on any atom is -0.484 e. The minimum absolute atomic E-state index is 0.108. The summed E-state index contributed by atoms with van der Waals surface area (Å²) in [5, 5.41) is 0. The van der Waals surface area contributed by atoms with Crippen LogP contribution >= 0.6 is 47.8 Å². The fraction of sp³-hybridized carbons (Fsp3) is 0.133. The Morgan fingerprint density at radius 2 is 1.80 bits per heavy atom. The number of Topliss-reactive ketones (excluding diaryl/α,β-unsaturated/α-hetero) is 1. The molecule has 0 radical (unpaired) electrons. The van der Waals surface area contributed by atoms with E-state index in [0.717, 1.165) is 19.0 Å². The summed E-state index contributed by atoms with van der Waals surface area (Å²) in [6.45, 7) is 0. The van der Waals surface area contributed by atoms with E-state index in [0.29, 0.717) is 17.7 Å². The molecule has 1 unspecified atom stereocenters. The first-order valence-electron chi connectivity index (χ1n) is 5.99. The summed E-state index contributed by atoms with van der Waals surface area (Å²) in [7, 11) is 0. The van der Waals surface area contributed by atoms with Crippen LogP contribution in [0.2, 0.25) is 0 Å². The number of benzene rings is 2. The first-order valence-corrected chi connectivity index (χ1v) is 8.37. The molecule has 102 valence electrons. The summed E-state index contributed by atoms with van der Waals surface area (Å²) in [6.07, 6.45) is 0.123. The van der Waals surface area contributed by atoms with E-state index < -0.39 is 0 Å². The van der Waals surface area contributed by atoms with Crippen molar-refractivity contribution in [2.24, 2.45) is 0 Å². The lowest BCUT2D eigenvalue weighted by Gasteiger charge is -2.26. The summed E-state index contributed by atoms with van der Waals surface area (Å²) in [6, 6.07) is 11.4. The van der Waals surface area contributed by atoms with Crippen molar-refractivity contribution in [3.63, 3.8) is 0 Å². The van der Waals surface area contributed by atoms with E-state index in [9.17, 15) is 4.79 Å². The van der Waals surface area contributed by atoms with Crippen molar-refractivity contribution in [1.29, 1.82) is 0 Å². The lowest BCUT2D eigenvalue weighted by Crippen LogP contribution is -2.20. The standard InChI is InChI=1S/C15H9Br3O2/c16-9-2-4-14-10(6-9)13(19)7-15(20-14)8-1-3-11(17)12(18)5-8/h1-6,15H,7H2. The third-order valence-corrected chi connectivity index (χ3v) is 5.57. The Bertz CT molecular complexity index is 698. The van der Waals surface area contributed by atoms with E-state index >= 15 is 0 Å². The van der Waals surface area contributed by atoms with Gasteiger partial charge in [0.2, 0.25) is 0 Å². The van der Waals surface area contributed by atoms with Crippen LogP contribution in [0.5, 0.6) is 5.75 Å². The largest absolute Gasteiger partial charge is 0.484 e. The summed E-state index contributed by atoms with van der Waals surface area (Å²) >= 11 is 10.3. The second-order valence-corrected chi connectivity index (χ2v) is 7.17. The molecule has 3 rings (SSSR count). The first kappa shape index (κ1) is 14.3. The zero-order chi connectivity index (χ0) is 14.3. The maximum absolute atomic E-state index is 12.3. The van der Waals surface area contributed by atoms with Crippen LogP contribution in [-0.2, 0) is 0 Å². The Labute approximate surface area is 141 Å². The van der Waals surface area contributed by atoms with Crippen LogP contribution < -0.4 is 4.74 Å². The fourth-order valence-corrected chi connectivity index (χ4v) is 3.20. The van der Waals surface area contributed by atoms with Crippen molar-refractivity contribution in [1.82, 2.24) is 0 Å². The Kier molecular flexibility index (Phi) is 4.02. The second-order valence-electron chi connectivity index (χ2n) is 4.55. The van der Waals surface area contributed by atoms with Gasteiger partial charge in [0.1, 0.15) is 11.9 Å². The van der Waals surface area contributed by atoms with Gasteiger partial charge in [-0.3, -0.25) is 4.79 Å². The summed E-state index contributed by atoms with van der Waals surface area (Å²) in [4.78, 5) is 12.3. The van der Waals surface area contributed by atoms with Crippen molar-refractivity contribution < 1.29 is 9.53 Å². The van der Waals surface area contributed by atoms with Crippen molar-refractivity contribution in [3.05, 3.63) is 60.9 Å². The lowest BCUT2D eigenvalue weighted by atomic mass is 9.96. The molecule has 0 aromatic heterocycles. The average molecular weight is 461 g/mol. The number of carbonyl (C=O) groups is 1. The third kappa shape index (κ3) is 2.71. The van der Waals surface area contributed by atoms with Crippen molar-refractivity contribution in [3.8, 4) is 5.75 Å². The van der Waals surface area contributed by atoms with E-state index in [1.165, 1.54) is 0 Å². The van der Waals surface area contributed by atoms with E-state index in [4.69, 9.17) is 4.74 Å². The van der Waals surface area contributed by atoms with Crippen molar-refractivity contribution >= 4 is 53.6 Å². The van der Waals surface area contributed by atoms with Crippen molar-refractivity contribution in [2.75, 3.05) is 0 Å². The third-order valence-electron chi connectivity index (χ3n) is 3.20. The number of halogens is 3. The minimum atomic E-state index is -0.236. The summed E-state index contributed by atoms with van der Waals surface area (Å²) in [5.74, 6) is 0.755. The summed E-state index contributed by atoms with van der Waals surface area (Å²) in [5.41, 5.74) is 1.63. The van der Waals surface area contributed by atoms with E-state index in [2.05, 4.69) is 47.8 Å². The highest BCUT2D eigenvalue weighted by Gasteiger charge is 2.28. The topological polar surface area (TPSA) is 26.3 Å². The van der Waals surface area contributed by atoms with Gasteiger partial charge < -0.3 is 4.74 Å². The molecular formula is C15H9Br3O2. The van der Waals surface area contributed by atoms with Crippen LogP contribution in [0.4, 0.5) is 0 Å². The van der Waals surface area contributed by atoms with Gasteiger partial charge in [0.15, 0.2) is 5.78 Å². The lowest BCUT2D eigenvalue weighted by molar-refractivity contribution is 0.0850. The fourth-order valence-electron chi connectivity index (χ4n) is 2.19. The molecule has 0 fully saturated rings. The molecule has 2 aromatic carbocycles. The molecule has 0 saturated carbocycles. The maximum Gasteiger partial charge on any atom is 0.170 e. The van der Waals surface area contributed by atoms with Crippen LogP contribution in [0, 0.1) is 0 Å². The molecule has 1 aliphatic heterocycles. The molecule has 5 heteroatoms. The normalized spacial score (nSPS) is 17.6. The highest BCUT2D eigenvalue weighted by molar-refractivity contribution is 9.13. The quantitative estimate of drug-likeness (QED) is 0.547. The van der Waals surface area contributed by atoms with Crippen LogP contribution in [0.15, 0.2) is 49.8 Å². The number of carbonyl (C=O) groups excluding carboxylic acids is 1. The second kappa shape index (κ2) is 5.62. The van der Waals surface area contributed by atoms with E-state index in [-0.39, 0.29) is 11.9 Å². The highest BCUT2D eigenvalue weighted by atomic mass is 79.9. The van der Waals surface area contributed by atoms with Gasteiger partial charge in [-0.15, -0.1) is 0 Å². The van der Waals surface area contributed by atoms with Gasteiger partial charge in [-0.1, -0.05) is 22.0 Å². The van der Waals surface area contributed by atoms with E-state index in [1.807, 2.05) is 36.4 Å². The molecule has 0 aliphatic carbocycles. The SMILES string of the molecule is O=C1CC(c2ccc(Br)c(Br)c2)Oc2ccc(Br)cc21. The van der Waals surface area contributed by atoms with Gasteiger partial charge in [0, 0.05) is 13.4 Å². The molecule has 0 amide bonds. The average Bonchev–Trinajstić information content (AvgIpc) is 2.42. The molecule has 0 saturated heterocycles. The van der Waals surface area contributed by atoms with Gasteiger partial charge in [0.25, 0.3) is 0 Å². The number of fused-ring (bicyclic) bond motifs is 1. The van der Waals surface area contributed by atoms with E-state index in [1.54, 1.807) is 0 Å². The first-order chi connectivity index (χ1) is 9.54. The molecular weight excluding hydrogens is 452 g/mol. The van der Waals surface area contributed by atoms with Crippen LogP contribution in [0.25, 0.3) is 0 Å². The molecule has 20 heavy (non-hydrogen) atoms. The monoisotopic (exact) mass is 458 g/mol. The van der Waals surface area contributed by atoms with Gasteiger partial charge in [-0.25, -0.2) is 0 Å².